The van der Waals surface area contributed by atoms with Crippen LogP contribution in [0.25, 0.3) is 10.6 Å². The minimum atomic E-state index is -0.599. The molecule has 0 spiro atoms. The Morgan fingerprint density at radius 3 is 2.69 bits per heavy atom. The molecule has 29 heavy (non-hydrogen) atoms. The Bertz CT molecular complexity index is 809. The first-order valence-electron chi connectivity index (χ1n) is 10.1. The number of carbonyl (C=O) groups is 2. The molecule has 2 aromatic rings. The predicted octanol–water partition coefficient (Wildman–Crippen LogP) is 4.26. The zero-order chi connectivity index (χ0) is 21.2. The number of nitrogens with one attached hydrogen (secondary N) is 2. The van der Waals surface area contributed by atoms with Crippen LogP contribution >= 0.6 is 11.3 Å². The van der Waals surface area contributed by atoms with E-state index in [0.29, 0.717) is 16.6 Å². The van der Waals surface area contributed by atoms with E-state index in [2.05, 4.69) is 27.8 Å². The molecular formula is C21H30N4O3S. The number of carbonyl (C=O) groups excluding carboxylic acids is 2. The Morgan fingerprint density at radius 1 is 1.21 bits per heavy atom. The van der Waals surface area contributed by atoms with Gasteiger partial charge in [0.1, 0.15) is 16.8 Å². The molecule has 0 saturated heterocycles. The van der Waals surface area contributed by atoms with Crippen LogP contribution in [0.4, 0.5) is 5.13 Å². The minimum absolute atomic E-state index is 0.0101. The van der Waals surface area contributed by atoms with Crippen molar-refractivity contribution in [3.05, 3.63) is 24.3 Å². The molecular weight excluding hydrogens is 388 g/mol. The molecule has 0 aliphatic heterocycles. The molecule has 8 heteroatoms. The molecule has 0 aliphatic rings. The van der Waals surface area contributed by atoms with E-state index >= 15 is 0 Å². The van der Waals surface area contributed by atoms with Crippen LogP contribution in [0.15, 0.2) is 24.3 Å². The highest BCUT2D eigenvalue weighted by Gasteiger charge is 2.26. The van der Waals surface area contributed by atoms with Crippen LogP contribution in [0.5, 0.6) is 5.75 Å². The van der Waals surface area contributed by atoms with Gasteiger partial charge >= 0.3 is 0 Å². The number of hydrogen-bond acceptors (Lipinski definition) is 6. The molecule has 1 aromatic heterocycles. The highest BCUT2D eigenvalue weighted by molar-refractivity contribution is 7.18. The second-order valence-corrected chi connectivity index (χ2v) is 8.00. The van der Waals surface area contributed by atoms with Crippen molar-refractivity contribution in [2.45, 2.75) is 58.9 Å². The van der Waals surface area contributed by atoms with Crippen LogP contribution in [0.2, 0.25) is 0 Å². The Hall–Kier alpha value is -2.48. The van der Waals surface area contributed by atoms with Gasteiger partial charge in [0.05, 0.1) is 7.11 Å². The number of rotatable bonds is 11. The Morgan fingerprint density at radius 2 is 2.00 bits per heavy atom. The number of aromatic nitrogens is 2. The molecule has 0 bridgehead atoms. The van der Waals surface area contributed by atoms with E-state index < -0.39 is 6.04 Å². The molecule has 1 heterocycles. The largest absolute Gasteiger partial charge is 0.497 e. The topological polar surface area (TPSA) is 93.2 Å². The lowest BCUT2D eigenvalue weighted by atomic mass is 9.98. The zero-order valence-electron chi connectivity index (χ0n) is 17.5. The molecule has 7 nitrogen and oxygen atoms in total. The van der Waals surface area contributed by atoms with E-state index in [-0.39, 0.29) is 17.7 Å². The lowest BCUT2D eigenvalue weighted by molar-refractivity contribution is -0.127. The van der Waals surface area contributed by atoms with Gasteiger partial charge in [0.25, 0.3) is 0 Å². The van der Waals surface area contributed by atoms with Crippen LogP contribution in [0.3, 0.4) is 0 Å². The summed E-state index contributed by atoms with van der Waals surface area (Å²) in [6.07, 6.45) is 4.10. The normalized spacial score (nSPS) is 12.8. The fourth-order valence-electron chi connectivity index (χ4n) is 2.81. The maximum atomic E-state index is 12.8. The van der Waals surface area contributed by atoms with Gasteiger partial charge in [0, 0.05) is 12.0 Å². The maximum Gasteiger partial charge on any atom is 0.249 e. The monoisotopic (exact) mass is 418 g/mol. The lowest BCUT2D eigenvalue weighted by Gasteiger charge is -2.23. The van der Waals surface area contributed by atoms with Gasteiger partial charge < -0.3 is 10.1 Å². The van der Waals surface area contributed by atoms with Crippen molar-refractivity contribution in [2.75, 3.05) is 12.4 Å². The molecule has 0 radical (unpaired) electrons. The number of benzene rings is 1. The number of ether oxygens (including phenoxy) is 1. The first kappa shape index (κ1) is 22.8. The van der Waals surface area contributed by atoms with Crippen LogP contribution in [-0.4, -0.2) is 35.2 Å². The maximum absolute atomic E-state index is 12.8. The summed E-state index contributed by atoms with van der Waals surface area (Å²) in [5.74, 6) is 0.381. The number of anilines is 1. The summed E-state index contributed by atoms with van der Waals surface area (Å²) < 4.78 is 5.24. The number of hydrogen-bond donors (Lipinski definition) is 2. The van der Waals surface area contributed by atoms with Gasteiger partial charge in [0.2, 0.25) is 16.9 Å². The van der Waals surface area contributed by atoms with E-state index in [1.165, 1.54) is 11.3 Å². The van der Waals surface area contributed by atoms with Crippen molar-refractivity contribution < 1.29 is 14.3 Å². The summed E-state index contributed by atoms with van der Waals surface area (Å²) in [4.78, 5) is 25.0. The first-order valence-corrected chi connectivity index (χ1v) is 10.9. The summed E-state index contributed by atoms with van der Waals surface area (Å²) in [6.45, 7) is 6.05. The molecule has 2 rings (SSSR count). The van der Waals surface area contributed by atoms with E-state index in [1.807, 2.05) is 38.1 Å². The predicted molar refractivity (Wildman–Crippen MR) is 116 cm³/mol. The van der Waals surface area contributed by atoms with Crippen molar-refractivity contribution in [3.8, 4) is 16.3 Å². The van der Waals surface area contributed by atoms with Crippen molar-refractivity contribution in [3.63, 3.8) is 0 Å². The average Bonchev–Trinajstić information content (AvgIpc) is 3.20. The summed E-state index contributed by atoms with van der Waals surface area (Å²) in [5.41, 5.74) is 0.866. The number of methoxy groups -OCH3 is 1. The van der Waals surface area contributed by atoms with E-state index in [9.17, 15) is 9.59 Å². The molecule has 0 aliphatic carbocycles. The zero-order valence-corrected chi connectivity index (χ0v) is 18.3. The van der Waals surface area contributed by atoms with Gasteiger partial charge in [-0.3, -0.25) is 14.9 Å². The molecule has 2 N–H and O–H groups in total. The molecule has 0 fully saturated rings. The number of nitrogens with zero attached hydrogens (tertiary/aromatic N) is 2. The summed E-state index contributed by atoms with van der Waals surface area (Å²) in [6, 6.07) is 6.91. The molecule has 0 unspecified atom stereocenters. The first-order chi connectivity index (χ1) is 14.0. The van der Waals surface area contributed by atoms with Gasteiger partial charge in [-0.1, -0.05) is 63.5 Å². The lowest BCUT2D eigenvalue weighted by Crippen LogP contribution is -2.47. The van der Waals surface area contributed by atoms with Crippen molar-refractivity contribution in [1.82, 2.24) is 15.5 Å². The molecule has 2 atom stereocenters. The minimum Gasteiger partial charge on any atom is -0.497 e. The standard InChI is InChI=1S/C21H30N4O3S/c1-5-7-8-12-17(26)22-18(14(3)6-2)19(27)23-21-25-24-20(29-21)15-10-9-11-16(13-15)28-4/h9-11,13-14,18H,5-8,12H2,1-4H3,(H,22,26)(H,23,25,27)/t14-,18-/m1/s1. The van der Waals surface area contributed by atoms with E-state index in [4.69, 9.17) is 4.74 Å². The molecule has 158 valence electrons. The Labute approximate surface area is 176 Å². The van der Waals surface area contributed by atoms with Gasteiger partial charge in [-0.05, 0) is 24.5 Å². The van der Waals surface area contributed by atoms with Crippen LogP contribution < -0.4 is 15.4 Å². The van der Waals surface area contributed by atoms with Gasteiger partial charge in [-0.25, -0.2) is 0 Å². The van der Waals surface area contributed by atoms with E-state index in [1.54, 1.807) is 7.11 Å². The fraction of sp³-hybridized carbons (Fsp3) is 0.524. The summed E-state index contributed by atoms with van der Waals surface area (Å²) in [7, 11) is 1.61. The average molecular weight is 419 g/mol. The third kappa shape index (κ3) is 6.81. The smallest absolute Gasteiger partial charge is 0.249 e. The Kier molecular flexibility index (Phi) is 9.05. The van der Waals surface area contributed by atoms with Gasteiger partial charge in [-0.15, -0.1) is 10.2 Å². The Balaban J connectivity index is 2.05. The summed E-state index contributed by atoms with van der Waals surface area (Å²) in [5, 5.41) is 15.0. The SMILES string of the molecule is CCCCCC(=O)N[C@@H](C(=O)Nc1nnc(-c2cccc(OC)c2)s1)[C@H](C)CC. The van der Waals surface area contributed by atoms with E-state index in [0.717, 1.165) is 37.0 Å². The van der Waals surface area contributed by atoms with Crippen LogP contribution in [0.1, 0.15) is 52.9 Å². The third-order valence-corrected chi connectivity index (χ3v) is 5.68. The van der Waals surface area contributed by atoms with Crippen LogP contribution in [-0.2, 0) is 9.59 Å². The third-order valence-electron chi connectivity index (χ3n) is 4.79. The van der Waals surface area contributed by atoms with Gasteiger partial charge in [-0.2, -0.15) is 0 Å². The second kappa shape index (κ2) is 11.5. The summed E-state index contributed by atoms with van der Waals surface area (Å²) >= 11 is 1.28. The highest BCUT2D eigenvalue weighted by Crippen LogP contribution is 2.29. The highest BCUT2D eigenvalue weighted by atomic mass is 32.1. The second-order valence-electron chi connectivity index (χ2n) is 7.02. The number of amides is 2. The van der Waals surface area contributed by atoms with Crippen molar-refractivity contribution in [1.29, 1.82) is 0 Å². The number of unbranched alkanes of at least 4 members (excludes halogenated alkanes) is 2. The van der Waals surface area contributed by atoms with Crippen molar-refractivity contribution >= 4 is 28.3 Å². The molecule has 0 saturated carbocycles. The van der Waals surface area contributed by atoms with Crippen molar-refractivity contribution in [2.24, 2.45) is 5.92 Å². The molecule has 1 aromatic carbocycles. The van der Waals surface area contributed by atoms with Gasteiger partial charge in [0.15, 0.2) is 0 Å². The molecule has 2 amide bonds. The van der Waals surface area contributed by atoms with Crippen LogP contribution in [0, 0.1) is 5.92 Å². The quantitative estimate of drug-likeness (QED) is 0.532. The fourth-order valence-corrected chi connectivity index (χ4v) is 3.56.